The third-order valence-electron chi connectivity index (χ3n) is 3.87. The summed E-state index contributed by atoms with van der Waals surface area (Å²) in [5.74, 6) is 0. The number of fused-ring (bicyclic) bond motifs is 2. The van der Waals surface area contributed by atoms with E-state index in [4.69, 9.17) is 4.74 Å². The maximum Gasteiger partial charge on any atom is 0.0707 e. The molecule has 2 unspecified atom stereocenters. The van der Waals surface area contributed by atoms with E-state index in [1.54, 1.807) is 0 Å². The molecule has 18 heavy (non-hydrogen) atoms. The Morgan fingerprint density at radius 1 is 1.11 bits per heavy atom. The molecule has 3 nitrogen and oxygen atoms in total. The molecule has 98 valence electrons. The monoisotopic (exact) mass is 246 g/mol. The molecule has 2 bridgehead atoms. The largest absolute Gasteiger partial charge is 0.385 e. The number of likely N-dealkylation sites (tertiary alicyclic amines) is 1. The number of benzene rings is 1. The van der Waals surface area contributed by atoms with Crippen LogP contribution >= 0.6 is 0 Å². The number of para-hydroxylation sites is 1. The Balaban J connectivity index is 1.35. The van der Waals surface area contributed by atoms with Crippen LogP contribution in [0, 0.1) is 0 Å². The molecule has 0 aliphatic carbocycles. The lowest BCUT2D eigenvalue weighted by Crippen LogP contribution is -2.43. The molecule has 0 amide bonds. The molecule has 2 fully saturated rings. The van der Waals surface area contributed by atoms with Crippen LogP contribution in [-0.4, -0.2) is 43.3 Å². The average Bonchev–Trinajstić information content (AvgIpc) is 2.75. The predicted octanol–water partition coefficient (Wildman–Crippen LogP) is 2.35. The Kier molecular flexibility index (Phi) is 3.81. The quantitative estimate of drug-likeness (QED) is 0.807. The second-order valence-electron chi connectivity index (χ2n) is 5.36. The highest BCUT2D eigenvalue weighted by molar-refractivity contribution is 5.42. The fraction of sp³-hybridized carbons (Fsp3) is 0.600. The zero-order valence-corrected chi connectivity index (χ0v) is 10.8. The molecule has 0 aromatic heterocycles. The Morgan fingerprint density at radius 2 is 1.83 bits per heavy atom. The molecule has 3 rings (SSSR count). The van der Waals surface area contributed by atoms with Crippen molar-refractivity contribution in [3.05, 3.63) is 30.3 Å². The summed E-state index contributed by atoms with van der Waals surface area (Å²) in [5.41, 5.74) is 1.22. The Hall–Kier alpha value is -1.06. The third kappa shape index (κ3) is 3.03. The summed E-state index contributed by atoms with van der Waals surface area (Å²) in [4.78, 5) is 2.57. The van der Waals surface area contributed by atoms with E-state index in [1.807, 2.05) is 0 Å². The maximum absolute atomic E-state index is 5.85. The maximum atomic E-state index is 5.85. The first kappa shape index (κ1) is 12.0. The van der Waals surface area contributed by atoms with E-state index < -0.39 is 0 Å². The van der Waals surface area contributed by atoms with Gasteiger partial charge in [0.05, 0.1) is 12.2 Å². The van der Waals surface area contributed by atoms with Gasteiger partial charge in [-0.05, 0) is 31.4 Å². The van der Waals surface area contributed by atoms with E-state index in [2.05, 4.69) is 40.5 Å². The van der Waals surface area contributed by atoms with Gasteiger partial charge in [0.1, 0.15) is 0 Å². The van der Waals surface area contributed by atoms with Crippen LogP contribution in [0.4, 0.5) is 5.69 Å². The molecule has 1 aromatic carbocycles. The van der Waals surface area contributed by atoms with Crippen LogP contribution in [-0.2, 0) is 4.74 Å². The lowest BCUT2D eigenvalue weighted by molar-refractivity contribution is -0.0381. The summed E-state index contributed by atoms with van der Waals surface area (Å²) >= 11 is 0. The van der Waals surface area contributed by atoms with E-state index >= 15 is 0 Å². The van der Waals surface area contributed by atoms with Crippen molar-refractivity contribution in [3.8, 4) is 0 Å². The summed E-state index contributed by atoms with van der Waals surface area (Å²) in [6.45, 7) is 4.52. The zero-order chi connectivity index (χ0) is 12.2. The van der Waals surface area contributed by atoms with Crippen molar-refractivity contribution in [2.45, 2.75) is 31.5 Å². The van der Waals surface area contributed by atoms with Crippen LogP contribution in [0.3, 0.4) is 0 Å². The molecule has 0 saturated carbocycles. The van der Waals surface area contributed by atoms with E-state index in [1.165, 1.54) is 31.5 Å². The molecule has 2 saturated heterocycles. The number of rotatable bonds is 5. The number of nitrogens with one attached hydrogen (secondary N) is 1. The van der Waals surface area contributed by atoms with Crippen molar-refractivity contribution in [2.24, 2.45) is 0 Å². The summed E-state index contributed by atoms with van der Waals surface area (Å²) in [5, 5.41) is 3.46. The van der Waals surface area contributed by atoms with Gasteiger partial charge in [0, 0.05) is 31.9 Å². The van der Waals surface area contributed by atoms with Gasteiger partial charge < -0.3 is 10.1 Å². The number of nitrogens with zero attached hydrogens (tertiary/aromatic N) is 1. The van der Waals surface area contributed by atoms with Gasteiger partial charge in [-0.1, -0.05) is 18.2 Å². The smallest absolute Gasteiger partial charge is 0.0707 e. The second-order valence-corrected chi connectivity index (χ2v) is 5.36. The van der Waals surface area contributed by atoms with Crippen molar-refractivity contribution < 1.29 is 4.74 Å². The highest BCUT2D eigenvalue weighted by Gasteiger charge is 2.33. The van der Waals surface area contributed by atoms with Crippen LogP contribution in [0.2, 0.25) is 0 Å². The molecule has 1 aromatic rings. The lowest BCUT2D eigenvalue weighted by Gasteiger charge is -2.32. The number of anilines is 1. The lowest BCUT2D eigenvalue weighted by atomic mass is 10.2. The van der Waals surface area contributed by atoms with E-state index in [9.17, 15) is 0 Å². The summed E-state index contributed by atoms with van der Waals surface area (Å²) in [6, 6.07) is 10.4. The van der Waals surface area contributed by atoms with Crippen LogP contribution in [0.5, 0.6) is 0 Å². The van der Waals surface area contributed by atoms with Crippen LogP contribution in [0.1, 0.15) is 19.3 Å². The van der Waals surface area contributed by atoms with E-state index in [0.717, 1.165) is 19.6 Å². The molecular formula is C15H22N2O. The van der Waals surface area contributed by atoms with Gasteiger partial charge in [0.25, 0.3) is 0 Å². The topological polar surface area (TPSA) is 24.5 Å². The van der Waals surface area contributed by atoms with Gasteiger partial charge in [-0.25, -0.2) is 0 Å². The minimum Gasteiger partial charge on any atom is -0.385 e. The normalized spacial score (nSPS) is 27.3. The van der Waals surface area contributed by atoms with Gasteiger partial charge in [-0.15, -0.1) is 0 Å². The molecule has 2 heterocycles. The predicted molar refractivity (Wildman–Crippen MR) is 73.9 cm³/mol. The van der Waals surface area contributed by atoms with Crippen molar-refractivity contribution >= 4 is 5.69 Å². The van der Waals surface area contributed by atoms with Gasteiger partial charge in [-0.3, -0.25) is 4.90 Å². The number of ether oxygens (including phenoxy) is 1. The van der Waals surface area contributed by atoms with Gasteiger partial charge >= 0.3 is 0 Å². The van der Waals surface area contributed by atoms with Crippen molar-refractivity contribution in [3.63, 3.8) is 0 Å². The van der Waals surface area contributed by atoms with Crippen LogP contribution in [0.25, 0.3) is 0 Å². The van der Waals surface area contributed by atoms with Crippen LogP contribution < -0.4 is 5.32 Å². The first-order valence-electron chi connectivity index (χ1n) is 7.07. The first-order valence-corrected chi connectivity index (χ1v) is 7.07. The molecule has 0 radical (unpaired) electrons. The molecular weight excluding hydrogens is 224 g/mol. The molecule has 3 heteroatoms. The van der Waals surface area contributed by atoms with E-state index in [0.29, 0.717) is 12.2 Å². The number of hydrogen-bond donors (Lipinski definition) is 1. The number of hydrogen-bond acceptors (Lipinski definition) is 3. The summed E-state index contributed by atoms with van der Waals surface area (Å²) in [7, 11) is 0. The molecule has 1 N–H and O–H groups in total. The minimum atomic E-state index is 0.519. The van der Waals surface area contributed by atoms with Crippen molar-refractivity contribution in [1.82, 2.24) is 4.90 Å². The SMILES string of the molecule is c1ccc(NCCCN2CC3CCC(C2)O3)cc1. The highest BCUT2D eigenvalue weighted by Crippen LogP contribution is 2.26. The molecule has 2 aliphatic heterocycles. The fourth-order valence-corrected chi connectivity index (χ4v) is 2.97. The fourth-order valence-electron chi connectivity index (χ4n) is 2.97. The first-order chi connectivity index (χ1) is 8.90. The number of morpholine rings is 1. The standard InChI is InChI=1S/C15H22N2O/c1-2-5-13(6-3-1)16-9-4-10-17-11-14-7-8-15(12-17)18-14/h1-3,5-6,14-16H,4,7-12H2. The van der Waals surface area contributed by atoms with Gasteiger partial charge in [-0.2, -0.15) is 0 Å². The Bertz CT molecular complexity index is 356. The Morgan fingerprint density at radius 3 is 2.56 bits per heavy atom. The summed E-state index contributed by atoms with van der Waals surface area (Å²) < 4.78 is 5.85. The Labute approximate surface area is 109 Å². The minimum absolute atomic E-state index is 0.519. The van der Waals surface area contributed by atoms with Gasteiger partial charge in [0.2, 0.25) is 0 Å². The van der Waals surface area contributed by atoms with Gasteiger partial charge in [0.15, 0.2) is 0 Å². The average molecular weight is 246 g/mol. The van der Waals surface area contributed by atoms with Crippen LogP contribution in [0.15, 0.2) is 30.3 Å². The molecule has 2 atom stereocenters. The highest BCUT2D eigenvalue weighted by atomic mass is 16.5. The van der Waals surface area contributed by atoms with Crippen molar-refractivity contribution in [1.29, 1.82) is 0 Å². The summed E-state index contributed by atoms with van der Waals surface area (Å²) in [6.07, 6.45) is 4.78. The molecule has 2 aliphatic rings. The molecule has 0 spiro atoms. The van der Waals surface area contributed by atoms with E-state index in [-0.39, 0.29) is 0 Å². The van der Waals surface area contributed by atoms with Crippen molar-refractivity contribution in [2.75, 3.05) is 31.5 Å². The third-order valence-corrected chi connectivity index (χ3v) is 3.87. The zero-order valence-electron chi connectivity index (χ0n) is 10.8. The second kappa shape index (κ2) is 5.72.